The third-order valence-electron chi connectivity index (χ3n) is 2.62. The average molecular weight is 362 g/mol. The van der Waals surface area contributed by atoms with E-state index < -0.39 is 5.82 Å². The molecule has 0 saturated carbocycles. The summed E-state index contributed by atoms with van der Waals surface area (Å²) in [6, 6.07) is 9.34. The van der Waals surface area contributed by atoms with Gasteiger partial charge in [0.1, 0.15) is 5.82 Å². The smallest absolute Gasteiger partial charge is 0.167 e. The van der Waals surface area contributed by atoms with Crippen LogP contribution >= 0.6 is 39.1 Å². The topological polar surface area (TPSA) is 17.1 Å². The molecule has 19 heavy (non-hydrogen) atoms. The number of carbonyl (C=O) groups excluding carboxylic acids is 1. The molecule has 2 rings (SSSR count). The van der Waals surface area contributed by atoms with E-state index in [0.717, 1.165) is 4.47 Å². The molecule has 0 amide bonds. The molecule has 98 valence electrons. The van der Waals surface area contributed by atoms with Crippen LogP contribution in [0.1, 0.15) is 15.9 Å². The van der Waals surface area contributed by atoms with Gasteiger partial charge in [0.2, 0.25) is 0 Å². The summed E-state index contributed by atoms with van der Waals surface area (Å²) in [7, 11) is 0. The van der Waals surface area contributed by atoms with E-state index in [1.807, 2.05) is 0 Å². The van der Waals surface area contributed by atoms with Crippen LogP contribution in [0.25, 0.3) is 0 Å². The second-order valence-electron chi connectivity index (χ2n) is 3.94. The van der Waals surface area contributed by atoms with Crippen molar-refractivity contribution in [1.29, 1.82) is 0 Å². The highest BCUT2D eigenvalue weighted by Gasteiger charge is 2.13. The summed E-state index contributed by atoms with van der Waals surface area (Å²) in [4.78, 5) is 12.1. The van der Waals surface area contributed by atoms with Crippen LogP contribution in [0.15, 0.2) is 40.9 Å². The first-order valence-electron chi connectivity index (χ1n) is 5.40. The number of Topliss-reactive ketones (excluding diaryl/α,β-unsaturated/α-hetero) is 1. The molecular weight excluding hydrogens is 354 g/mol. The van der Waals surface area contributed by atoms with Crippen LogP contribution in [-0.2, 0) is 6.42 Å². The van der Waals surface area contributed by atoms with Crippen LogP contribution in [0, 0.1) is 5.82 Å². The molecule has 0 fully saturated rings. The Labute approximate surface area is 128 Å². The lowest BCUT2D eigenvalue weighted by Gasteiger charge is -2.05. The normalized spacial score (nSPS) is 10.5. The van der Waals surface area contributed by atoms with Crippen molar-refractivity contribution in [1.82, 2.24) is 0 Å². The first-order chi connectivity index (χ1) is 8.99. The van der Waals surface area contributed by atoms with Crippen LogP contribution in [0.2, 0.25) is 10.0 Å². The largest absolute Gasteiger partial charge is 0.294 e. The molecule has 0 unspecified atom stereocenters. The zero-order valence-corrected chi connectivity index (χ0v) is 12.7. The maximum Gasteiger partial charge on any atom is 0.167 e. The van der Waals surface area contributed by atoms with E-state index in [0.29, 0.717) is 16.1 Å². The predicted molar refractivity (Wildman–Crippen MR) is 78.6 cm³/mol. The highest BCUT2D eigenvalue weighted by atomic mass is 79.9. The summed E-state index contributed by atoms with van der Waals surface area (Å²) in [5.74, 6) is -0.692. The first-order valence-corrected chi connectivity index (χ1v) is 6.95. The molecule has 0 aliphatic carbocycles. The van der Waals surface area contributed by atoms with Crippen molar-refractivity contribution in [2.45, 2.75) is 6.42 Å². The SMILES string of the molecule is O=C(Cc1cccc(F)c1Cl)c1ccc(Br)c(Cl)c1. The number of benzene rings is 2. The van der Waals surface area contributed by atoms with Crippen molar-refractivity contribution in [3.8, 4) is 0 Å². The summed E-state index contributed by atoms with van der Waals surface area (Å²) < 4.78 is 14.0. The van der Waals surface area contributed by atoms with Crippen molar-refractivity contribution < 1.29 is 9.18 Å². The van der Waals surface area contributed by atoms with Gasteiger partial charge in [0.25, 0.3) is 0 Å². The van der Waals surface area contributed by atoms with E-state index in [2.05, 4.69) is 15.9 Å². The third kappa shape index (κ3) is 3.35. The minimum atomic E-state index is -0.527. The van der Waals surface area contributed by atoms with Gasteiger partial charge < -0.3 is 0 Å². The Morgan fingerprint density at radius 1 is 1.21 bits per heavy atom. The lowest BCUT2D eigenvalue weighted by molar-refractivity contribution is 0.0993. The van der Waals surface area contributed by atoms with E-state index in [1.54, 1.807) is 24.3 Å². The molecule has 0 aromatic heterocycles. The number of ketones is 1. The number of rotatable bonds is 3. The molecule has 0 spiro atoms. The first kappa shape index (κ1) is 14.5. The minimum Gasteiger partial charge on any atom is -0.294 e. The van der Waals surface area contributed by atoms with Gasteiger partial charge in [0.15, 0.2) is 5.78 Å². The highest BCUT2D eigenvalue weighted by molar-refractivity contribution is 9.10. The molecule has 0 atom stereocenters. The van der Waals surface area contributed by atoms with Crippen molar-refractivity contribution in [2.24, 2.45) is 0 Å². The van der Waals surface area contributed by atoms with E-state index in [4.69, 9.17) is 23.2 Å². The van der Waals surface area contributed by atoms with Gasteiger partial charge in [-0.2, -0.15) is 0 Å². The summed E-state index contributed by atoms with van der Waals surface area (Å²) in [6.07, 6.45) is 0.0363. The van der Waals surface area contributed by atoms with Crippen LogP contribution < -0.4 is 0 Å². The molecule has 2 aromatic carbocycles. The molecule has 0 heterocycles. The van der Waals surface area contributed by atoms with E-state index in [-0.39, 0.29) is 17.2 Å². The van der Waals surface area contributed by atoms with Crippen LogP contribution in [0.4, 0.5) is 4.39 Å². The van der Waals surface area contributed by atoms with Crippen molar-refractivity contribution >= 4 is 44.9 Å². The second kappa shape index (κ2) is 6.04. The molecule has 0 radical (unpaired) electrons. The maximum absolute atomic E-state index is 13.3. The molecule has 5 heteroatoms. The van der Waals surface area contributed by atoms with Crippen molar-refractivity contribution in [3.63, 3.8) is 0 Å². The lowest BCUT2D eigenvalue weighted by Crippen LogP contribution is -2.04. The van der Waals surface area contributed by atoms with Crippen molar-refractivity contribution in [2.75, 3.05) is 0 Å². The molecule has 2 aromatic rings. The third-order valence-corrected chi connectivity index (χ3v) is 4.28. The van der Waals surface area contributed by atoms with Gasteiger partial charge in [-0.3, -0.25) is 4.79 Å². The summed E-state index contributed by atoms with van der Waals surface area (Å²) in [5, 5.41) is 0.440. The molecule has 0 saturated heterocycles. The Hall–Kier alpha value is -0.900. The molecular formula is C14H8BrCl2FO. The maximum atomic E-state index is 13.3. The highest BCUT2D eigenvalue weighted by Crippen LogP contribution is 2.25. The number of carbonyl (C=O) groups is 1. The molecule has 0 aliphatic rings. The predicted octanol–water partition coefficient (Wildman–Crippen LogP) is 5.32. The van der Waals surface area contributed by atoms with Gasteiger partial charge in [-0.05, 0) is 39.7 Å². The fourth-order valence-electron chi connectivity index (χ4n) is 1.63. The van der Waals surface area contributed by atoms with E-state index >= 15 is 0 Å². The summed E-state index contributed by atoms with van der Waals surface area (Å²) in [6.45, 7) is 0. The fourth-order valence-corrected chi connectivity index (χ4v) is 2.25. The summed E-state index contributed by atoms with van der Waals surface area (Å²) >= 11 is 15.0. The Morgan fingerprint density at radius 3 is 2.63 bits per heavy atom. The van der Waals surface area contributed by atoms with Crippen LogP contribution in [0.5, 0.6) is 0 Å². The van der Waals surface area contributed by atoms with Gasteiger partial charge in [0.05, 0.1) is 10.0 Å². The standard InChI is InChI=1S/C14H8BrCl2FO/c15-10-5-4-8(6-11(10)16)13(19)7-9-2-1-3-12(18)14(9)17/h1-6H,7H2. The Kier molecular flexibility index (Phi) is 4.61. The van der Waals surface area contributed by atoms with Gasteiger partial charge >= 0.3 is 0 Å². The number of halogens is 4. The Morgan fingerprint density at radius 2 is 1.95 bits per heavy atom. The lowest BCUT2D eigenvalue weighted by atomic mass is 10.0. The fraction of sp³-hybridized carbons (Fsp3) is 0.0714. The zero-order chi connectivity index (χ0) is 14.0. The second-order valence-corrected chi connectivity index (χ2v) is 5.58. The molecule has 0 aliphatic heterocycles. The quantitative estimate of drug-likeness (QED) is 0.676. The van der Waals surface area contributed by atoms with Gasteiger partial charge in [0, 0.05) is 16.5 Å². The number of hydrogen-bond donors (Lipinski definition) is 0. The molecule has 0 bridgehead atoms. The van der Waals surface area contributed by atoms with Crippen molar-refractivity contribution in [3.05, 3.63) is 67.9 Å². The average Bonchev–Trinajstić information content (AvgIpc) is 2.38. The minimum absolute atomic E-state index is 0.0148. The zero-order valence-electron chi connectivity index (χ0n) is 9.59. The number of hydrogen-bond acceptors (Lipinski definition) is 1. The van der Waals surface area contributed by atoms with Gasteiger partial charge in [-0.1, -0.05) is 41.4 Å². The molecule has 1 nitrogen and oxygen atoms in total. The van der Waals surface area contributed by atoms with E-state index in [9.17, 15) is 9.18 Å². The van der Waals surface area contributed by atoms with Gasteiger partial charge in [-0.25, -0.2) is 4.39 Å². The van der Waals surface area contributed by atoms with Crippen LogP contribution in [0.3, 0.4) is 0 Å². The Bertz CT molecular complexity index is 643. The Balaban J connectivity index is 2.26. The molecule has 0 N–H and O–H groups in total. The summed E-state index contributed by atoms with van der Waals surface area (Å²) in [5.41, 5.74) is 0.930. The van der Waals surface area contributed by atoms with Gasteiger partial charge in [-0.15, -0.1) is 0 Å². The monoisotopic (exact) mass is 360 g/mol. The van der Waals surface area contributed by atoms with E-state index in [1.165, 1.54) is 12.1 Å². The van der Waals surface area contributed by atoms with Crippen LogP contribution in [-0.4, -0.2) is 5.78 Å².